The zero-order valence-electron chi connectivity index (χ0n) is 11.2. The summed E-state index contributed by atoms with van der Waals surface area (Å²) < 4.78 is 27.1. The summed E-state index contributed by atoms with van der Waals surface area (Å²) in [6.45, 7) is 2.39. The molecule has 20 heavy (non-hydrogen) atoms. The topological polar surface area (TPSA) is 66.1 Å². The number of thiophene rings is 1. The summed E-state index contributed by atoms with van der Waals surface area (Å²) in [6.07, 6.45) is 4.01. The third kappa shape index (κ3) is 2.65. The standard InChI is InChI=1S/C13H17N3O2S2/c1-2-12-14-8-13(15-12)20(17,18)16(10-5-6-10)9-11-4-3-7-19-11/h3-4,7-8,10H,2,5-6,9H2,1H3,(H,14,15). The van der Waals surface area contributed by atoms with E-state index in [0.29, 0.717) is 18.8 Å². The molecule has 1 fully saturated rings. The van der Waals surface area contributed by atoms with Crippen LogP contribution in [0.1, 0.15) is 30.5 Å². The summed E-state index contributed by atoms with van der Waals surface area (Å²) in [4.78, 5) is 8.08. The number of aromatic amines is 1. The number of aromatic nitrogens is 2. The summed E-state index contributed by atoms with van der Waals surface area (Å²) in [5.41, 5.74) is 0. The Morgan fingerprint density at radius 2 is 2.30 bits per heavy atom. The number of sulfonamides is 1. The van der Waals surface area contributed by atoms with Gasteiger partial charge in [-0.25, -0.2) is 13.4 Å². The molecule has 3 rings (SSSR count). The van der Waals surface area contributed by atoms with Crippen LogP contribution in [0.15, 0.2) is 28.7 Å². The van der Waals surface area contributed by atoms with Gasteiger partial charge in [-0.15, -0.1) is 11.3 Å². The molecule has 0 bridgehead atoms. The van der Waals surface area contributed by atoms with Crippen LogP contribution in [0, 0.1) is 0 Å². The fourth-order valence-corrected chi connectivity index (χ4v) is 4.49. The second-order valence-corrected chi connectivity index (χ2v) is 7.80. The smallest absolute Gasteiger partial charge is 0.260 e. The molecule has 7 heteroatoms. The molecule has 108 valence electrons. The Labute approximate surface area is 122 Å². The number of H-pyrrole nitrogens is 1. The van der Waals surface area contributed by atoms with Crippen molar-refractivity contribution in [2.75, 3.05) is 0 Å². The van der Waals surface area contributed by atoms with Gasteiger partial charge in [0, 0.05) is 23.9 Å². The number of rotatable bonds is 6. The summed E-state index contributed by atoms with van der Waals surface area (Å²) in [5.74, 6) is 0.704. The highest BCUT2D eigenvalue weighted by atomic mass is 32.2. The highest BCUT2D eigenvalue weighted by Gasteiger charge is 2.39. The van der Waals surface area contributed by atoms with E-state index in [1.165, 1.54) is 6.20 Å². The first-order valence-corrected chi connectivity index (χ1v) is 9.01. The van der Waals surface area contributed by atoms with Gasteiger partial charge in [0.25, 0.3) is 10.0 Å². The van der Waals surface area contributed by atoms with Gasteiger partial charge < -0.3 is 4.98 Å². The van der Waals surface area contributed by atoms with Crippen LogP contribution in [-0.2, 0) is 23.0 Å². The average molecular weight is 311 g/mol. The first-order chi connectivity index (χ1) is 9.61. The van der Waals surface area contributed by atoms with Gasteiger partial charge >= 0.3 is 0 Å². The van der Waals surface area contributed by atoms with Crippen LogP contribution in [0.25, 0.3) is 0 Å². The van der Waals surface area contributed by atoms with Gasteiger partial charge in [0.15, 0.2) is 5.03 Å². The lowest BCUT2D eigenvalue weighted by Gasteiger charge is -2.20. The van der Waals surface area contributed by atoms with Gasteiger partial charge in [-0.2, -0.15) is 4.31 Å². The lowest BCUT2D eigenvalue weighted by molar-refractivity contribution is 0.400. The molecule has 5 nitrogen and oxygen atoms in total. The summed E-state index contributed by atoms with van der Waals surface area (Å²) in [5, 5.41) is 2.18. The number of nitrogens with zero attached hydrogens (tertiary/aromatic N) is 2. The Hall–Kier alpha value is -1.18. The van der Waals surface area contributed by atoms with Crippen LogP contribution in [0.2, 0.25) is 0 Å². The molecule has 1 N–H and O–H groups in total. The van der Waals surface area contributed by atoms with Crippen LogP contribution in [0.5, 0.6) is 0 Å². The number of hydrogen-bond donors (Lipinski definition) is 1. The molecule has 0 atom stereocenters. The van der Waals surface area contributed by atoms with E-state index >= 15 is 0 Å². The summed E-state index contributed by atoms with van der Waals surface area (Å²) in [6, 6.07) is 4.05. The predicted molar refractivity (Wildman–Crippen MR) is 78.0 cm³/mol. The van der Waals surface area contributed by atoms with Crippen molar-refractivity contribution >= 4 is 21.4 Å². The number of hydrogen-bond acceptors (Lipinski definition) is 4. The Bertz CT molecular complexity index is 672. The van der Waals surface area contributed by atoms with Crippen LogP contribution < -0.4 is 0 Å². The maximum atomic E-state index is 12.7. The van der Waals surface area contributed by atoms with E-state index in [4.69, 9.17) is 0 Å². The Kier molecular flexibility index (Phi) is 3.66. The summed E-state index contributed by atoms with van der Waals surface area (Å²) >= 11 is 1.59. The third-order valence-electron chi connectivity index (χ3n) is 3.37. The predicted octanol–water partition coefficient (Wildman–Crippen LogP) is 2.39. The lowest BCUT2D eigenvalue weighted by atomic mass is 10.4. The molecule has 0 aliphatic heterocycles. The molecule has 1 aliphatic rings. The zero-order valence-corrected chi connectivity index (χ0v) is 12.9. The number of aryl methyl sites for hydroxylation is 1. The second kappa shape index (κ2) is 5.31. The number of nitrogens with one attached hydrogen (secondary N) is 1. The molecule has 2 heterocycles. The van der Waals surface area contributed by atoms with Crippen molar-refractivity contribution in [3.8, 4) is 0 Å². The quantitative estimate of drug-likeness (QED) is 0.891. The van der Waals surface area contributed by atoms with E-state index in [1.807, 2.05) is 24.4 Å². The van der Waals surface area contributed by atoms with E-state index in [0.717, 1.165) is 17.7 Å². The molecule has 2 aromatic heterocycles. The molecule has 2 aromatic rings. The van der Waals surface area contributed by atoms with Crippen molar-refractivity contribution in [1.82, 2.24) is 14.3 Å². The molecular formula is C13H17N3O2S2. The highest BCUT2D eigenvalue weighted by molar-refractivity contribution is 7.89. The van der Waals surface area contributed by atoms with E-state index in [9.17, 15) is 8.42 Å². The Balaban J connectivity index is 1.89. The van der Waals surface area contributed by atoms with Crippen molar-refractivity contribution in [3.63, 3.8) is 0 Å². The third-order valence-corrected chi connectivity index (χ3v) is 6.04. The van der Waals surface area contributed by atoms with Gasteiger partial charge in [-0.05, 0) is 24.3 Å². The molecule has 1 saturated carbocycles. The maximum Gasteiger partial charge on any atom is 0.260 e. The van der Waals surface area contributed by atoms with Crippen LogP contribution in [-0.4, -0.2) is 28.7 Å². The fourth-order valence-electron chi connectivity index (χ4n) is 2.11. The molecular weight excluding hydrogens is 294 g/mol. The van der Waals surface area contributed by atoms with Crippen LogP contribution >= 0.6 is 11.3 Å². The minimum Gasteiger partial charge on any atom is -0.332 e. The van der Waals surface area contributed by atoms with Crippen molar-refractivity contribution in [1.29, 1.82) is 0 Å². The molecule has 0 aromatic carbocycles. The first-order valence-electron chi connectivity index (χ1n) is 6.69. The first kappa shape index (κ1) is 13.8. The Morgan fingerprint density at radius 1 is 1.50 bits per heavy atom. The van der Waals surface area contributed by atoms with E-state index in [-0.39, 0.29) is 11.1 Å². The van der Waals surface area contributed by atoms with Crippen molar-refractivity contribution in [3.05, 3.63) is 34.4 Å². The fraction of sp³-hybridized carbons (Fsp3) is 0.462. The van der Waals surface area contributed by atoms with Gasteiger partial charge in [-0.1, -0.05) is 13.0 Å². The minimum absolute atomic E-state index is 0.135. The molecule has 0 spiro atoms. The van der Waals surface area contributed by atoms with Crippen LogP contribution in [0.4, 0.5) is 0 Å². The van der Waals surface area contributed by atoms with Gasteiger partial charge in [0.2, 0.25) is 0 Å². The lowest BCUT2D eigenvalue weighted by Crippen LogP contribution is -2.32. The Morgan fingerprint density at radius 3 is 2.85 bits per heavy atom. The highest BCUT2D eigenvalue weighted by Crippen LogP contribution is 2.33. The van der Waals surface area contributed by atoms with Crippen molar-refractivity contribution in [2.45, 2.75) is 43.8 Å². The van der Waals surface area contributed by atoms with Crippen molar-refractivity contribution < 1.29 is 8.42 Å². The minimum atomic E-state index is -3.48. The van der Waals surface area contributed by atoms with E-state index < -0.39 is 10.0 Å². The van der Waals surface area contributed by atoms with Gasteiger partial charge in [-0.3, -0.25) is 0 Å². The average Bonchev–Trinajstić information content (AvgIpc) is 2.96. The second-order valence-electron chi connectivity index (χ2n) is 4.91. The van der Waals surface area contributed by atoms with E-state index in [2.05, 4.69) is 9.97 Å². The monoisotopic (exact) mass is 311 g/mol. The molecule has 0 radical (unpaired) electrons. The number of imidazole rings is 1. The molecule has 0 unspecified atom stereocenters. The zero-order chi connectivity index (χ0) is 14.2. The van der Waals surface area contributed by atoms with Gasteiger partial charge in [0.05, 0.1) is 6.20 Å². The molecule has 1 aliphatic carbocycles. The summed E-state index contributed by atoms with van der Waals surface area (Å²) in [7, 11) is -3.48. The molecule has 0 amide bonds. The van der Waals surface area contributed by atoms with E-state index in [1.54, 1.807) is 15.6 Å². The SMILES string of the molecule is CCc1ncc(S(=O)(=O)N(Cc2cccs2)C2CC2)[nH]1. The molecule has 0 saturated heterocycles. The normalized spacial score (nSPS) is 15.9. The van der Waals surface area contributed by atoms with Crippen molar-refractivity contribution in [2.24, 2.45) is 0 Å². The maximum absolute atomic E-state index is 12.7. The van der Waals surface area contributed by atoms with Gasteiger partial charge in [0.1, 0.15) is 5.82 Å². The largest absolute Gasteiger partial charge is 0.332 e. The van der Waals surface area contributed by atoms with Crippen LogP contribution in [0.3, 0.4) is 0 Å².